The highest BCUT2D eigenvalue weighted by atomic mass is 35.5. The molecule has 2 aromatic carbocycles. The lowest BCUT2D eigenvalue weighted by Crippen LogP contribution is -2.15. The van der Waals surface area contributed by atoms with Gasteiger partial charge in [0.05, 0.1) is 27.2 Å². The molecule has 8 heteroatoms. The highest BCUT2D eigenvalue weighted by Crippen LogP contribution is 2.38. The number of aromatic nitrogens is 1. The van der Waals surface area contributed by atoms with Crippen LogP contribution in [0.1, 0.15) is 10.6 Å². The van der Waals surface area contributed by atoms with Crippen LogP contribution in [-0.4, -0.2) is 20.5 Å². The number of hydrogen-bond acceptors (Lipinski definition) is 5. The third-order valence-corrected chi connectivity index (χ3v) is 6.50. The molecule has 1 aromatic heterocycles. The maximum absolute atomic E-state index is 12.9. The van der Waals surface area contributed by atoms with E-state index in [2.05, 4.69) is 9.71 Å². The fourth-order valence-electron chi connectivity index (χ4n) is 2.42. The predicted molar refractivity (Wildman–Crippen MR) is 97.9 cm³/mol. The summed E-state index contributed by atoms with van der Waals surface area (Å²) >= 11 is 7.46. The lowest BCUT2D eigenvalue weighted by Gasteiger charge is -2.14. The molecule has 0 atom stereocenters. The van der Waals surface area contributed by atoms with Crippen molar-refractivity contribution >= 4 is 48.9 Å². The van der Waals surface area contributed by atoms with E-state index in [-0.39, 0.29) is 4.90 Å². The van der Waals surface area contributed by atoms with Crippen LogP contribution in [0.4, 0.5) is 5.69 Å². The number of halogens is 1. The molecule has 0 bridgehead atoms. The number of anilines is 1. The molecular formula is C16H15ClN2O3S2. The molecule has 1 N–H and O–H groups in total. The molecule has 1 heterocycles. The van der Waals surface area contributed by atoms with Gasteiger partial charge in [-0.25, -0.2) is 13.4 Å². The first-order chi connectivity index (χ1) is 11.3. The highest BCUT2D eigenvalue weighted by molar-refractivity contribution is 7.92. The Bertz CT molecular complexity index is 1030. The van der Waals surface area contributed by atoms with Gasteiger partial charge < -0.3 is 4.74 Å². The van der Waals surface area contributed by atoms with Crippen LogP contribution in [0.2, 0.25) is 5.02 Å². The average molecular weight is 383 g/mol. The Morgan fingerprint density at radius 3 is 2.67 bits per heavy atom. The third-order valence-electron chi connectivity index (χ3n) is 3.59. The molecule has 0 radical (unpaired) electrons. The van der Waals surface area contributed by atoms with Crippen molar-refractivity contribution in [1.29, 1.82) is 0 Å². The second-order valence-corrected chi connectivity index (χ2v) is 8.45. The maximum Gasteiger partial charge on any atom is 0.262 e. The van der Waals surface area contributed by atoms with Gasteiger partial charge in [-0.05, 0) is 43.7 Å². The van der Waals surface area contributed by atoms with Crippen LogP contribution in [0.25, 0.3) is 10.2 Å². The van der Waals surface area contributed by atoms with Crippen LogP contribution in [0.5, 0.6) is 5.75 Å². The lowest BCUT2D eigenvalue weighted by atomic mass is 10.2. The van der Waals surface area contributed by atoms with Crippen LogP contribution in [0.15, 0.2) is 35.2 Å². The van der Waals surface area contributed by atoms with E-state index in [0.29, 0.717) is 22.0 Å². The van der Waals surface area contributed by atoms with E-state index in [1.807, 2.05) is 6.92 Å². The maximum atomic E-state index is 12.9. The fourth-order valence-corrected chi connectivity index (χ4v) is 4.98. The minimum atomic E-state index is -3.82. The number of thiazole rings is 1. The van der Waals surface area contributed by atoms with Gasteiger partial charge in [0.2, 0.25) is 0 Å². The predicted octanol–water partition coefficient (Wildman–Crippen LogP) is 4.38. The van der Waals surface area contributed by atoms with Crippen LogP contribution in [-0.2, 0) is 10.0 Å². The normalized spacial score (nSPS) is 11.7. The topological polar surface area (TPSA) is 68.3 Å². The number of fused-ring (bicyclic) bond motifs is 1. The Morgan fingerprint density at radius 1 is 1.21 bits per heavy atom. The van der Waals surface area contributed by atoms with E-state index in [9.17, 15) is 8.42 Å². The van der Waals surface area contributed by atoms with Gasteiger partial charge in [0.15, 0.2) is 0 Å². The molecule has 5 nitrogen and oxygen atoms in total. The Kier molecular flexibility index (Phi) is 4.42. The van der Waals surface area contributed by atoms with Crippen LogP contribution in [0.3, 0.4) is 0 Å². The van der Waals surface area contributed by atoms with E-state index in [1.165, 1.54) is 24.5 Å². The SMILES string of the molecule is COc1ccc2nc(C)sc2c1NS(=O)(=O)c1cccc(Cl)c1C. The summed E-state index contributed by atoms with van der Waals surface area (Å²) in [4.78, 5) is 4.53. The van der Waals surface area contributed by atoms with E-state index in [0.717, 1.165) is 15.2 Å². The van der Waals surface area contributed by atoms with Crippen LogP contribution >= 0.6 is 22.9 Å². The molecule has 0 aliphatic rings. The molecule has 126 valence electrons. The Morgan fingerprint density at radius 2 is 1.96 bits per heavy atom. The van der Waals surface area contributed by atoms with E-state index in [4.69, 9.17) is 16.3 Å². The van der Waals surface area contributed by atoms with Gasteiger partial charge in [-0.15, -0.1) is 11.3 Å². The van der Waals surface area contributed by atoms with Gasteiger partial charge in [0, 0.05) is 5.02 Å². The molecular weight excluding hydrogens is 368 g/mol. The molecule has 0 amide bonds. The molecule has 0 saturated carbocycles. The average Bonchev–Trinajstić information content (AvgIpc) is 2.91. The fraction of sp³-hybridized carbons (Fsp3) is 0.188. The summed E-state index contributed by atoms with van der Waals surface area (Å²) in [5.41, 5.74) is 1.61. The summed E-state index contributed by atoms with van der Waals surface area (Å²) in [7, 11) is -2.32. The number of benzene rings is 2. The molecule has 0 fully saturated rings. The van der Waals surface area contributed by atoms with Crippen molar-refractivity contribution in [3.63, 3.8) is 0 Å². The Hall–Kier alpha value is -1.83. The Labute approximate surface area is 149 Å². The van der Waals surface area contributed by atoms with Crippen molar-refractivity contribution in [2.45, 2.75) is 18.7 Å². The Balaban J connectivity index is 2.16. The summed E-state index contributed by atoms with van der Waals surface area (Å²) in [5, 5.41) is 1.24. The van der Waals surface area contributed by atoms with Crippen molar-refractivity contribution in [2.24, 2.45) is 0 Å². The minimum absolute atomic E-state index is 0.135. The van der Waals surface area contributed by atoms with Crippen molar-refractivity contribution in [1.82, 2.24) is 4.98 Å². The molecule has 0 aliphatic carbocycles. The summed E-state index contributed by atoms with van der Waals surface area (Å²) in [6.07, 6.45) is 0. The molecule has 0 spiro atoms. The number of nitrogens with zero attached hydrogens (tertiary/aromatic N) is 1. The van der Waals surface area contributed by atoms with E-state index in [1.54, 1.807) is 31.2 Å². The summed E-state index contributed by atoms with van der Waals surface area (Å²) in [6, 6.07) is 8.29. The smallest absolute Gasteiger partial charge is 0.262 e. The third kappa shape index (κ3) is 2.94. The molecule has 3 aromatic rings. The van der Waals surface area contributed by atoms with Crippen molar-refractivity contribution in [2.75, 3.05) is 11.8 Å². The van der Waals surface area contributed by atoms with E-state index < -0.39 is 10.0 Å². The zero-order valence-electron chi connectivity index (χ0n) is 13.3. The number of sulfonamides is 1. The number of ether oxygens (including phenoxy) is 1. The monoisotopic (exact) mass is 382 g/mol. The van der Waals surface area contributed by atoms with Crippen molar-refractivity contribution in [3.05, 3.63) is 45.9 Å². The van der Waals surface area contributed by atoms with E-state index >= 15 is 0 Å². The van der Waals surface area contributed by atoms with Gasteiger partial charge in [-0.1, -0.05) is 17.7 Å². The van der Waals surface area contributed by atoms with Crippen LogP contribution < -0.4 is 9.46 Å². The lowest BCUT2D eigenvalue weighted by molar-refractivity contribution is 0.417. The molecule has 0 unspecified atom stereocenters. The minimum Gasteiger partial charge on any atom is -0.495 e. The number of methoxy groups -OCH3 is 1. The first-order valence-corrected chi connectivity index (χ1v) is 9.73. The quantitative estimate of drug-likeness (QED) is 0.727. The van der Waals surface area contributed by atoms with Crippen molar-refractivity contribution in [3.8, 4) is 5.75 Å². The summed E-state index contributed by atoms with van der Waals surface area (Å²) < 4.78 is 34.4. The number of aryl methyl sites for hydroxylation is 1. The molecule has 3 rings (SSSR count). The standard InChI is InChI=1S/C16H15ClN2O3S2/c1-9-11(17)5-4-6-14(9)24(20,21)19-15-13(22-3)8-7-12-16(15)23-10(2)18-12/h4-8,19H,1-3H3. The van der Waals surface area contributed by atoms with Gasteiger partial charge in [0.25, 0.3) is 10.0 Å². The zero-order valence-corrected chi connectivity index (χ0v) is 15.6. The molecule has 24 heavy (non-hydrogen) atoms. The van der Waals surface area contributed by atoms with Gasteiger partial charge in [-0.3, -0.25) is 4.72 Å². The first kappa shape index (κ1) is 17.0. The first-order valence-electron chi connectivity index (χ1n) is 7.05. The molecule has 0 saturated heterocycles. The second kappa shape index (κ2) is 6.23. The number of rotatable bonds is 4. The number of nitrogens with one attached hydrogen (secondary N) is 1. The highest BCUT2D eigenvalue weighted by Gasteiger charge is 2.22. The van der Waals surface area contributed by atoms with Gasteiger partial charge in [0.1, 0.15) is 11.4 Å². The van der Waals surface area contributed by atoms with Crippen molar-refractivity contribution < 1.29 is 13.2 Å². The summed E-state index contributed by atoms with van der Waals surface area (Å²) in [5.74, 6) is 0.439. The van der Waals surface area contributed by atoms with Gasteiger partial charge >= 0.3 is 0 Å². The zero-order chi connectivity index (χ0) is 17.5. The van der Waals surface area contributed by atoms with Gasteiger partial charge in [-0.2, -0.15) is 0 Å². The number of hydrogen-bond donors (Lipinski definition) is 1. The van der Waals surface area contributed by atoms with Crippen LogP contribution in [0, 0.1) is 13.8 Å². The largest absolute Gasteiger partial charge is 0.495 e. The second-order valence-electron chi connectivity index (χ2n) is 5.19. The molecule has 0 aliphatic heterocycles. The summed E-state index contributed by atoms with van der Waals surface area (Å²) in [6.45, 7) is 3.54.